The van der Waals surface area contributed by atoms with E-state index in [0.29, 0.717) is 6.07 Å². The van der Waals surface area contributed by atoms with Crippen LogP contribution in [0.2, 0.25) is 0 Å². The van der Waals surface area contributed by atoms with Crippen molar-refractivity contribution >= 4 is 11.6 Å². The molecule has 0 saturated carbocycles. The van der Waals surface area contributed by atoms with Gasteiger partial charge in [0.15, 0.2) is 11.6 Å². The van der Waals surface area contributed by atoms with Gasteiger partial charge < -0.3 is 9.64 Å². The predicted molar refractivity (Wildman–Crippen MR) is 77.5 cm³/mol. The second-order valence-electron chi connectivity index (χ2n) is 4.82. The molecule has 8 heteroatoms. The summed E-state index contributed by atoms with van der Waals surface area (Å²) in [6.07, 6.45) is 0. The molecule has 1 amide bonds. The Labute approximate surface area is 130 Å². The number of nitro groups is 1. The number of carbonyl (C=O) groups excluding carboxylic acids is 1. The first-order valence-electron chi connectivity index (χ1n) is 6.42. The highest BCUT2D eigenvalue weighted by Crippen LogP contribution is 2.33. The highest BCUT2D eigenvalue weighted by molar-refractivity contribution is 5.94. The van der Waals surface area contributed by atoms with Crippen LogP contribution in [0.4, 0.5) is 14.5 Å². The number of benzene rings is 2. The van der Waals surface area contributed by atoms with Gasteiger partial charge in [-0.05, 0) is 18.2 Å². The van der Waals surface area contributed by atoms with E-state index in [9.17, 15) is 23.7 Å². The Morgan fingerprint density at radius 3 is 2.39 bits per heavy atom. The molecule has 0 unspecified atom stereocenters. The van der Waals surface area contributed by atoms with E-state index in [-0.39, 0.29) is 17.1 Å². The summed E-state index contributed by atoms with van der Waals surface area (Å²) in [7, 11) is 3.04. The van der Waals surface area contributed by atoms with E-state index in [1.807, 2.05) is 0 Å². The molecule has 0 fully saturated rings. The predicted octanol–water partition coefficient (Wildman–Crippen LogP) is 3.37. The lowest BCUT2D eigenvalue weighted by Gasteiger charge is -2.12. The van der Waals surface area contributed by atoms with Crippen LogP contribution in [0.15, 0.2) is 36.4 Å². The minimum atomic E-state index is -1.01. The number of nitrogens with zero attached hydrogens (tertiary/aromatic N) is 2. The number of rotatable bonds is 4. The van der Waals surface area contributed by atoms with Crippen LogP contribution in [0.5, 0.6) is 11.5 Å². The molecule has 0 spiro atoms. The SMILES string of the molecule is CN(C)C(=O)c1ccc([N+](=O)[O-])c(Oc2ccc(F)cc2F)c1. The molecule has 23 heavy (non-hydrogen) atoms. The van der Waals surface area contributed by atoms with Crippen molar-refractivity contribution in [2.45, 2.75) is 0 Å². The maximum Gasteiger partial charge on any atom is 0.311 e. The average molecular weight is 322 g/mol. The maximum absolute atomic E-state index is 13.6. The summed E-state index contributed by atoms with van der Waals surface area (Å²) in [5, 5.41) is 11.0. The highest BCUT2D eigenvalue weighted by Gasteiger charge is 2.20. The third-order valence-electron chi connectivity index (χ3n) is 2.92. The molecule has 0 aliphatic heterocycles. The molecule has 120 valence electrons. The van der Waals surface area contributed by atoms with Crippen molar-refractivity contribution in [3.63, 3.8) is 0 Å². The zero-order valence-corrected chi connectivity index (χ0v) is 12.2. The summed E-state index contributed by atoms with van der Waals surface area (Å²) in [5.41, 5.74) is -0.304. The lowest BCUT2D eigenvalue weighted by Crippen LogP contribution is -2.21. The topological polar surface area (TPSA) is 72.7 Å². The van der Waals surface area contributed by atoms with E-state index in [1.54, 1.807) is 0 Å². The average Bonchev–Trinajstić information content (AvgIpc) is 2.48. The van der Waals surface area contributed by atoms with Crippen molar-refractivity contribution in [2.75, 3.05) is 14.1 Å². The molecule has 0 aromatic heterocycles. The van der Waals surface area contributed by atoms with E-state index in [2.05, 4.69) is 0 Å². The first kappa shape index (κ1) is 16.3. The highest BCUT2D eigenvalue weighted by atomic mass is 19.1. The van der Waals surface area contributed by atoms with Gasteiger partial charge in [-0.1, -0.05) is 0 Å². The van der Waals surface area contributed by atoms with Crippen molar-refractivity contribution < 1.29 is 23.2 Å². The third kappa shape index (κ3) is 3.60. The van der Waals surface area contributed by atoms with E-state index in [1.165, 1.54) is 25.1 Å². The third-order valence-corrected chi connectivity index (χ3v) is 2.92. The smallest absolute Gasteiger partial charge is 0.311 e. The molecule has 0 bridgehead atoms. The van der Waals surface area contributed by atoms with Gasteiger partial charge in [0, 0.05) is 37.9 Å². The molecule has 0 N–H and O–H groups in total. The molecule has 2 rings (SSSR count). The van der Waals surface area contributed by atoms with Gasteiger partial charge in [0.05, 0.1) is 4.92 Å². The lowest BCUT2D eigenvalue weighted by atomic mass is 10.1. The molecule has 2 aromatic rings. The summed E-state index contributed by atoms with van der Waals surface area (Å²) >= 11 is 0. The molecule has 0 atom stereocenters. The quantitative estimate of drug-likeness (QED) is 0.639. The molecule has 0 radical (unpaired) electrons. The monoisotopic (exact) mass is 322 g/mol. The van der Waals surface area contributed by atoms with E-state index in [4.69, 9.17) is 4.74 Å². The Balaban J connectivity index is 2.47. The number of hydrogen-bond acceptors (Lipinski definition) is 4. The fraction of sp³-hybridized carbons (Fsp3) is 0.133. The van der Waals surface area contributed by atoms with E-state index in [0.717, 1.165) is 24.3 Å². The molecular weight excluding hydrogens is 310 g/mol. The molecule has 0 saturated heterocycles. The van der Waals surface area contributed by atoms with E-state index >= 15 is 0 Å². The van der Waals surface area contributed by atoms with Crippen LogP contribution in [0.25, 0.3) is 0 Å². The molecule has 0 heterocycles. The van der Waals surface area contributed by atoms with Gasteiger partial charge in [0.1, 0.15) is 5.82 Å². The summed E-state index contributed by atoms with van der Waals surface area (Å²) in [5.74, 6) is -2.91. The second kappa shape index (κ2) is 6.39. The van der Waals surface area contributed by atoms with Crippen LogP contribution in [0.1, 0.15) is 10.4 Å². The molecule has 6 nitrogen and oxygen atoms in total. The lowest BCUT2D eigenvalue weighted by molar-refractivity contribution is -0.385. The second-order valence-corrected chi connectivity index (χ2v) is 4.82. The van der Waals surface area contributed by atoms with Crippen molar-refractivity contribution in [3.8, 4) is 11.5 Å². The van der Waals surface area contributed by atoms with Crippen LogP contribution in [0.3, 0.4) is 0 Å². The minimum absolute atomic E-state index is 0.137. The van der Waals surface area contributed by atoms with Gasteiger partial charge in [-0.25, -0.2) is 8.78 Å². The Morgan fingerprint density at radius 2 is 1.83 bits per heavy atom. The van der Waals surface area contributed by atoms with Crippen LogP contribution in [0, 0.1) is 21.7 Å². The Morgan fingerprint density at radius 1 is 1.13 bits per heavy atom. The first-order chi connectivity index (χ1) is 10.8. The Bertz CT molecular complexity index is 778. The van der Waals surface area contributed by atoms with Crippen LogP contribution in [-0.4, -0.2) is 29.8 Å². The molecule has 2 aromatic carbocycles. The number of ether oxygens (including phenoxy) is 1. The normalized spacial score (nSPS) is 10.3. The van der Waals surface area contributed by atoms with Gasteiger partial charge in [-0.15, -0.1) is 0 Å². The summed E-state index contributed by atoms with van der Waals surface area (Å²) in [6, 6.07) is 6.06. The fourth-order valence-corrected chi connectivity index (χ4v) is 1.81. The van der Waals surface area contributed by atoms with Gasteiger partial charge in [-0.3, -0.25) is 14.9 Å². The van der Waals surface area contributed by atoms with Gasteiger partial charge in [-0.2, -0.15) is 0 Å². The Hall–Kier alpha value is -3.03. The van der Waals surface area contributed by atoms with Gasteiger partial charge >= 0.3 is 5.69 Å². The summed E-state index contributed by atoms with van der Waals surface area (Å²) in [6.45, 7) is 0. The zero-order chi connectivity index (χ0) is 17.1. The molecule has 0 aliphatic rings. The fourth-order valence-electron chi connectivity index (χ4n) is 1.81. The number of halogens is 2. The summed E-state index contributed by atoms with van der Waals surface area (Å²) in [4.78, 5) is 23.5. The van der Waals surface area contributed by atoms with Crippen molar-refractivity contribution in [2.24, 2.45) is 0 Å². The van der Waals surface area contributed by atoms with Crippen LogP contribution in [-0.2, 0) is 0 Å². The number of nitro benzene ring substituents is 1. The van der Waals surface area contributed by atoms with Gasteiger partial charge in [0.25, 0.3) is 5.91 Å². The number of carbonyl (C=O) groups is 1. The first-order valence-corrected chi connectivity index (χ1v) is 6.42. The maximum atomic E-state index is 13.6. The van der Waals surface area contributed by atoms with Gasteiger partial charge in [0.2, 0.25) is 5.75 Å². The van der Waals surface area contributed by atoms with E-state index < -0.39 is 28.2 Å². The van der Waals surface area contributed by atoms with Crippen molar-refractivity contribution in [3.05, 3.63) is 63.7 Å². The summed E-state index contributed by atoms with van der Waals surface area (Å²) < 4.78 is 31.7. The van der Waals surface area contributed by atoms with Crippen molar-refractivity contribution in [1.82, 2.24) is 4.90 Å². The van der Waals surface area contributed by atoms with Crippen molar-refractivity contribution in [1.29, 1.82) is 0 Å². The standard InChI is InChI=1S/C15H12F2N2O4/c1-18(2)15(20)9-3-5-12(19(21)22)14(7-9)23-13-6-4-10(16)8-11(13)17/h3-8H,1-2H3. The minimum Gasteiger partial charge on any atom is -0.447 e. The number of hydrogen-bond donors (Lipinski definition) is 0. The van der Waals surface area contributed by atoms with Crippen LogP contribution < -0.4 is 4.74 Å². The molecule has 0 aliphatic carbocycles. The largest absolute Gasteiger partial charge is 0.447 e. The van der Waals surface area contributed by atoms with Crippen LogP contribution >= 0.6 is 0 Å². The number of amides is 1. The molecular formula is C15H12F2N2O4. The zero-order valence-electron chi connectivity index (χ0n) is 12.2. The Kier molecular flexibility index (Phi) is 4.54.